The molecule has 5 heteroatoms. The fraction of sp³-hybridized carbons (Fsp3) is 0.786. The van der Waals surface area contributed by atoms with Gasteiger partial charge in [0.05, 0.1) is 11.4 Å². The van der Waals surface area contributed by atoms with Gasteiger partial charge in [0.1, 0.15) is 11.0 Å². The summed E-state index contributed by atoms with van der Waals surface area (Å²) in [6.45, 7) is 21.1. The van der Waals surface area contributed by atoms with E-state index in [-0.39, 0.29) is 9.79 Å². The van der Waals surface area contributed by atoms with Crippen LogP contribution in [0.5, 0.6) is 0 Å². The molecule has 0 saturated carbocycles. The third kappa shape index (κ3) is 6.63. The molecule has 0 aromatic rings. The third-order valence-corrected chi connectivity index (χ3v) is 9.10. The molecule has 0 aliphatic heterocycles. The van der Waals surface area contributed by atoms with E-state index in [1.165, 1.54) is 0 Å². The van der Waals surface area contributed by atoms with Gasteiger partial charge in [-0.1, -0.05) is 27.4 Å². The molecular weight excluding hydrogens is 274 g/mol. The molecule has 0 aliphatic rings. The molecule has 0 spiro atoms. The minimum atomic E-state index is -1.76. The van der Waals surface area contributed by atoms with Gasteiger partial charge in [-0.15, -0.1) is 0 Å². The fourth-order valence-corrected chi connectivity index (χ4v) is 2.35. The summed E-state index contributed by atoms with van der Waals surface area (Å²) in [5, 5.41) is 0.179. The molecule has 0 amide bonds. The molecule has 0 radical (unpaired) electrons. The molecule has 0 aromatic carbocycles. The average Bonchev–Trinajstić information content (AvgIpc) is 2.20. The molecule has 0 aromatic heterocycles. The van der Waals surface area contributed by atoms with E-state index in [0.29, 0.717) is 6.61 Å². The molecule has 19 heavy (non-hydrogen) atoms. The summed E-state index contributed by atoms with van der Waals surface area (Å²) in [5.74, 6) is 0. The minimum Gasteiger partial charge on any atom is -0.413 e. The standard InChI is InChI=1S/C14H29NO2SSi/c1-12(10-15-18(16)13(2,3)4)11-17-19(8,9)14(5,6)7/h10H,1,11H2,2-9H3/b15-10+/t18-/m0/s1. The van der Waals surface area contributed by atoms with E-state index in [0.717, 1.165) is 5.57 Å². The van der Waals surface area contributed by atoms with Crippen molar-refractivity contribution in [1.29, 1.82) is 0 Å². The highest BCUT2D eigenvalue weighted by Gasteiger charge is 2.37. The number of nitrogens with zero attached hydrogens (tertiary/aromatic N) is 1. The van der Waals surface area contributed by atoms with Crippen LogP contribution in [0, 0.1) is 0 Å². The summed E-state index contributed by atoms with van der Waals surface area (Å²) in [4.78, 5) is 0. The molecule has 0 heterocycles. The molecule has 0 fully saturated rings. The van der Waals surface area contributed by atoms with Crippen LogP contribution in [-0.2, 0) is 15.4 Å². The minimum absolute atomic E-state index is 0.179. The highest BCUT2D eigenvalue weighted by molar-refractivity contribution is 7.85. The van der Waals surface area contributed by atoms with Crippen molar-refractivity contribution in [1.82, 2.24) is 0 Å². The van der Waals surface area contributed by atoms with Crippen molar-refractivity contribution in [2.24, 2.45) is 4.40 Å². The van der Waals surface area contributed by atoms with Crippen molar-refractivity contribution in [2.75, 3.05) is 6.61 Å². The first-order valence-electron chi connectivity index (χ1n) is 6.55. The second kappa shape index (κ2) is 6.46. The van der Waals surface area contributed by atoms with Crippen molar-refractivity contribution >= 4 is 25.5 Å². The first-order chi connectivity index (χ1) is 8.27. The van der Waals surface area contributed by atoms with Gasteiger partial charge in [0.15, 0.2) is 8.32 Å². The Morgan fingerprint density at radius 1 is 1.26 bits per heavy atom. The zero-order valence-corrected chi connectivity index (χ0v) is 15.5. The Morgan fingerprint density at radius 3 is 2.11 bits per heavy atom. The maximum absolute atomic E-state index is 11.8. The van der Waals surface area contributed by atoms with Crippen LogP contribution in [0.15, 0.2) is 16.5 Å². The predicted molar refractivity (Wildman–Crippen MR) is 88.7 cm³/mol. The first kappa shape index (κ1) is 18.7. The van der Waals surface area contributed by atoms with E-state index in [9.17, 15) is 4.21 Å². The zero-order chi connectivity index (χ0) is 15.5. The van der Waals surface area contributed by atoms with Crippen molar-refractivity contribution < 1.29 is 8.63 Å². The molecule has 0 aliphatic carbocycles. The van der Waals surface area contributed by atoms with Crippen molar-refractivity contribution in [3.05, 3.63) is 12.2 Å². The Morgan fingerprint density at radius 2 is 1.74 bits per heavy atom. The molecular formula is C14H29NO2SSi. The van der Waals surface area contributed by atoms with E-state index < -0.39 is 19.3 Å². The van der Waals surface area contributed by atoms with Crippen LogP contribution in [-0.4, -0.2) is 30.1 Å². The quantitative estimate of drug-likeness (QED) is 0.566. The second-order valence-electron chi connectivity index (χ2n) is 7.30. The lowest BCUT2D eigenvalue weighted by molar-refractivity contribution is 0.324. The molecule has 3 nitrogen and oxygen atoms in total. The van der Waals surface area contributed by atoms with Crippen molar-refractivity contribution in [2.45, 2.75) is 64.4 Å². The Balaban J connectivity index is 4.44. The summed E-state index contributed by atoms with van der Waals surface area (Å²) >= 11 is 0. The largest absolute Gasteiger partial charge is 0.413 e. The van der Waals surface area contributed by atoms with Crippen LogP contribution in [0.4, 0.5) is 0 Å². The monoisotopic (exact) mass is 303 g/mol. The summed E-state index contributed by atoms with van der Waals surface area (Å²) in [7, 11) is -2.99. The number of hydrogen-bond donors (Lipinski definition) is 0. The van der Waals surface area contributed by atoms with Gasteiger partial charge in [-0.3, -0.25) is 0 Å². The first-order valence-corrected chi connectivity index (χ1v) is 10.6. The topological polar surface area (TPSA) is 38.7 Å². The van der Waals surface area contributed by atoms with Gasteiger partial charge in [-0.05, 0) is 44.5 Å². The zero-order valence-electron chi connectivity index (χ0n) is 13.7. The Labute approximate surface area is 122 Å². The maximum Gasteiger partial charge on any atom is 0.192 e. The Hall–Kier alpha value is -0.263. The van der Waals surface area contributed by atoms with E-state index in [4.69, 9.17) is 4.43 Å². The SMILES string of the molecule is C=C(/C=N/[S@@](=O)C(C)(C)C)CO[Si](C)(C)C(C)(C)C. The fourth-order valence-electron chi connectivity index (χ4n) is 0.807. The Kier molecular flexibility index (Phi) is 6.37. The summed E-state index contributed by atoms with van der Waals surface area (Å²) in [5.41, 5.74) is 0.766. The molecule has 0 N–H and O–H groups in total. The normalized spacial score (nSPS) is 15.8. The van der Waals surface area contributed by atoms with Crippen LogP contribution in [0.25, 0.3) is 0 Å². The van der Waals surface area contributed by atoms with Gasteiger partial charge in [0.2, 0.25) is 0 Å². The summed E-state index contributed by atoms with van der Waals surface area (Å²) < 4.78 is 21.5. The van der Waals surface area contributed by atoms with E-state index in [2.05, 4.69) is 44.8 Å². The summed E-state index contributed by atoms with van der Waals surface area (Å²) in [6.07, 6.45) is 1.58. The van der Waals surface area contributed by atoms with Crippen molar-refractivity contribution in [3.63, 3.8) is 0 Å². The van der Waals surface area contributed by atoms with Gasteiger partial charge >= 0.3 is 0 Å². The highest BCUT2D eigenvalue weighted by Crippen LogP contribution is 2.36. The average molecular weight is 304 g/mol. The summed E-state index contributed by atoms with van der Waals surface area (Å²) in [6, 6.07) is 0. The maximum atomic E-state index is 11.8. The van der Waals surface area contributed by atoms with Crippen LogP contribution in [0.2, 0.25) is 18.1 Å². The lowest BCUT2D eigenvalue weighted by atomic mass is 10.2. The second-order valence-corrected chi connectivity index (χ2v) is 14.0. The smallest absolute Gasteiger partial charge is 0.192 e. The molecule has 0 unspecified atom stereocenters. The lowest BCUT2D eigenvalue weighted by Crippen LogP contribution is -2.41. The van der Waals surface area contributed by atoms with Gasteiger partial charge in [0, 0.05) is 6.21 Å². The van der Waals surface area contributed by atoms with E-state index >= 15 is 0 Å². The van der Waals surface area contributed by atoms with Gasteiger partial charge in [-0.2, -0.15) is 4.40 Å². The molecule has 0 rings (SSSR count). The lowest BCUT2D eigenvalue weighted by Gasteiger charge is -2.36. The Bertz CT molecular complexity index is 376. The number of rotatable bonds is 5. The van der Waals surface area contributed by atoms with Crippen LogP contribution in [0.1, 0.15) is 41.5 Å². The van der Waals surface area contributed by atoms with Crippen LogP contribution in [0.3, 0.4) is 0 Å². The number of hydrogen-bond acceptors (Lipinski definition) is 2. The van der Waals surface area contributed by atoms with Crippen LogP contribution < -0.4 is 0 Å². The van der Waals surface area contributed by atoms with Gasteiger partial charge in [0.25, 0.3) is 0 Å². The predicted octanol–water partition coefficient (Wildman–Crippen LogP) is 4.10. The molecule has 1 atom stereocenters. The van der Waals surface area contributed by atoms with Gasteiger partial charge in [-0.25, -0.2) is 4.21 Å². The third-order valence-electron chi connectivity index (χ3n) is 3.28. The molecule has 0 saturated heterocycles. The van der Waals surface area contributed by atoms with Crippen LogP contribution >= 0.6 is 0 Å². The molecule has 112 valence electrons. The molecule has 0 bridgehead atoms. The van der Waals surface area contributed by atoms with E-state index in [1.54, 1.807) is 6.21 Å². The van der Waals surface area contributed by atoms with E-state index in [1.807, 2.05) is 20.8 Å². The van der Waals surface area contributed by atoms with Gasteiger partial charge < -0.3 is 4.43 Å². The highest BCUT2D eigenvalue weighted by atomic mass is 32.2. The van der Waals surface area contributed by atoms with Crippen molar-refractivity contribution in [3.8, 4) is 0 Å².